The lowest BCUT2D eigenvalue weighted by Crippen LogP contribution is -2.62. The first-order valence-electron chi connectivity index (χ1n) is 16.2. The first-order valence-corrected chi connectivity index (χ1v) is 16.2. The van der Waals surface area contributed by atoms with Gasteiger partial charge in [-0.2, -0.15) is 5.06 Å². The molecule has 8 atom stereocenters. The molecule has 2 heterocycles. The van der Waals surface area contributed by atoms with Crippen LogP contribution in [0.15, 0.2) is 48.5 Å². The number of aliphatic hydroxyl groups is 2. The predicted molar refractivity (Wildman–Crippen MR) is 166 cm³/mol. The van der Waals surface area contributed by atoms with Crippen LogP contribution in [0.5, 0.6) is 0 Å². The van der Waals surface area contributed by atoms with Crippen molar-refractivity contribution >= 4 is 11.8 Å². The molecule has 2 amide bonds. The van der Waals surface area contributed by atoms with E-state index >= 15 is 0 Å². The Morgan fingerprint density at radius 3 is 2.43 bits per heavy atom. The number of amides is 2. The van der Waals surface area contributed by atoms with Gasteiger partial charge in [0.25, 0.3) is 5.91 Å². The summed E-state index contributed by atoms with van der Waals surface area (Å²) in [6.07, 6.45) is 0.674. The summed E-state index contributed by atoms with van der Waals surface area (Å²) in [5.74, 6) is 0.870. The maximum Gasteiger partial charge on any atom is 0.254 e. The number of carbonyl (C=O) groups is 2. The Labute approximate surface area is 260 Å². The molecule has 3 N–H and O–H groups in total. The van der Waals surface area contributed by atoms with Crippen LogP contribution in [0, 0.1) is 29.1 Å². The van der Waals surface area contributed by atoms with Gasteiger partial charge in [0, 0.05) is 30.6 Å². The number of nitrogens with zero attached hydrogens (tertiary/aromatic N) is 2. The number of ether oxygens (including phenoxy) is 1. The molecule has 2 bridgehead atoms. The molecule has 2 saturated heterocycles. The fraction of sp³-hybridized carbons (Fsp3) is 0.600. The highest BCUT2D eigenvalue weighted by Gasteiger charge is 2.57. The van der Waals surface area contributed by atoms with Crippen LogP contribution >= 0.6 is 0 Å². The number of hydrogen-bond acceptors (Lipinski definition) is 7. The van der Waals surface area contributed by atoms with Crippen molar-refractivity contribution in [1.29, 1.82) is 0 Å². The van der Waals surface area contributed by atoms with Crippen LogP contribution in [-0.2, 0) is 20.9 Å². The molecular weight excluding hydrogens is 558 g/mol. The number of benzene rings is 2. The average Bonchev–Trinajstić information content (AvgIpc) is 3.40. The molecular formula is C35H47N3O6. The van der Waals surface area contributed by atoms with Crippen LogP contribution in [-0.4, -0.2) is 89.2 Å². The molecule has 2 aliphatic heterocycles. The minimum absolute atomic E-state index is 0.0126. The largest absolute Gasteiger partial charge is 0.394 e. The van der Waals surface area contributed by atoms with Crippen LogP contribution in [0.3, 0.4) is 0 Å². The van der Waals surface area contributed by atoms with Crippen molar-refractivity contribution in [2.45, 2.75) is 71.4 Å². The second-order valence-corrected chi connectivity index (χ2v) is 13.9. The molecule has 0 aromatic heterocycles. The van der Waals surface area contributed by atoms with Crippen molar-refractivity contribution in [3.05, 3.63) is 59.7 Å². The first-order chi connectivity index (χ1) is 21.1. The Hall–Kier alpha value is -2.82. The Kier molecular flexibility index (Phi) is 8.87. The van der Waals surface area contributed by atoms with Gasteiger partial charge < -0.3 is 25.2 Å². The van der Waals surface area contributed by atoms with Gasteiger partial charge in [-0.25, -0.2) is 0 Å². The zero-order valence-corrected chi connectivity index (χ0v) is 26.3. The van der Waals surface area contributed by atoms with E-state index in [-0.39, 0.29) is 24.5 Å². The third-order valence-electron chi connectivity index (χ3n) is 11.1. The third kappa shape index (κ3) is 5.81. The molecule has 7 rings (SSSR count). The molecule has 44 heavy (non-hydrogen) atoms. The van der Waals surface area contributed by atoms with E-state index in [0.29, 0.717) is 61.6 Å². The summed E-state index contributed by atoms with van der Waals surface area (Å²) in [5.41, 5.74) is 3.86. The van der Waals surface area contributed by atoms with Crippen molar-refractivity contribution in [2.75, 3.05) is 32.9 Å². The average molecular weight is 606 g/mol. The van der Waals surface area contributed by atoms with Crippen LogP contribution in [0.4, 0.5) is 0 Å². The van der Waals surface area contributed by atoms with Crippen LogP contribution in [0.1, 0.15) is 56.5 Å². The highest BCUT2D eigenvalue weighted by Crippen LogP contribution is 2.61. The number of carbonyl (C=O) groups excluding carboxylic acids is 2. The van der Waals surface area contributed by atoms with E-state index in [1.54, 1.807) is 12.0 Å². The van der Waals surface area contributed by atoms with Gasteiger partial charge in [0.1, 0.15) is 12.1 Å². The van der Waals surface area contributed by atoms with Crippen molar-refractivity contribution in [3.63, 3.8) is 0 Å². The number of aliphatic hydroxyl groups excluding tert-OH is 2. The van der Waals surface area contributed by atoms with Gasteiger partial charge in [0.05, 0.1) is 32.5 Å². The summed E-state index contributed by atoms with van der Waals surface area (Å²) >= 11 is 0. The highest BCUT2D eigenvalue weighted by molar-refractivity contribution is 5.94. The fourth-order valence-corrected chi connectivity index (χ4v) is 8.27. The number of hydrogen-bond donors (Lipinski definition) is 3. The molecule has 3 aliphatic carbocycles. The standard InChI is InChI=1S/C35H47N3O6/c1-21-28-17-27(35(28,3)4)18-29(21)36-33(41)32-31(22(2)40)30(20-39)44-38(32)19-23-6-5-7-26(16-23)24-8-10-25(11-9-24)34(42)37-12-14-43-15-13-37/h5-11,16,21-22,27-32,39-40H,12-15,17-20H2,1-4H3,(H,36,41)/t21-,22-,27-,28+,29-,30-,31+,32-/m0/s1. The molecule has 0 spiro atoms. The first kappa shape index (κ1) is 31.2. The van der Waals surface area contributed by atoms with E-state index in [9.17, 15) is 19.8 Å². The molecule has 2 aromatic carbocycles. The van der Waals surface area contributed by atoms with E-state index in [1.807, 2.05) is 47.4 Å². The van der Waals surface area contributed by atoms with E-state index < -0.39 is 24.2 Å². The number of rotatable bonds is 8. The summed E-state index contributed by atoms with van der Waals surface area (Å²) < 4.78 is 5.37. The molecule has 238 valence electrons. The van der Waals surface area contributed by atoms with Gasteiger partial charge in [-0.1, -0.05) is 51.1 Å². The minimum atomic E-state index is -0.839. The lowest BCUT2D eigenvalue weighted by Gasteiger charge is -2.62. The summed E-state index contributed by atoms with van der Waals surface area (Å²) in [7, 11) is 0. The van der Waals surface area contributed by atoms with Crippen LogP contribution in [0.25, 0.3) is 11.1 Å². The van der Waals surface area contributed by atoms with Gasteiger partial charge >= 0.3 is 0 Å². The number of hydroxylamine groups is 2. The summed E-state index contributed by atoms with van der Waals surface area (Å²) in [5, 5.41) is 25.9. The number of morpholine rings is 1. The second kappa shape index (κ2) is 12.5. The Bertz CT molecular complexity index is 1340. The highest BCUT2D eigenvalue weighted by atomic mass is 16.7. The molecule has 9 nitrogen and oxygen atoms in total. The molecule has 5 aliphatic rings. The smallest absolute Gasteiger partial charge is 0.254 e. The molecule has 3 saturated carbocycles. The van der Waals surface area contributed by atoms with Crippen molar-refractivity contribution in [3.8, 4) is 11.1 Å². The molecule has 0 unspecified atom stereocenters. The van der Waals surface area contributed by atoms with Gasteiger partial charge in [-0.05, 0) is 77.8 Å². The molecule has 5 fully saturated rings. The van der Waals surface area contributed by atoms with E-state index in [0.717, 1.165) is 23.1 Å². The Balaban J connectivity index is 1.17. The lowest BCUT2D eigenvalue weighted by molar-refractivity contribution is -0.183. The predicted octanol–water partition coefficient (Wildman–Crippen LogP) is 3.49. The molecule has 2 aromatic rings. The minimum Gasteiger partial charge on any atom is -0.394 e. The fourth-order valence-electron chi connectivity index (χ4n) is 8.27. The summed E-state index contributed by atoms with van der Waals surface area (Å²) in [6.45, 7) is 11.0. The van der Waals surface area contributed by atoms with Crippen molar-refractivity contribution < 1.29 is 29.4 Å². The van der Waals surface area contributed by atoms with Crippen molar-refractivity contribution in [1.82, 2.24) is 15.3 Å². The van der Waals surface area contributed by atoms with E-state index in [1.165, 1.54) is 6.42 Å². The van der Waals surface area contributed by atoms with Gasteiger partial charge in [0.2, 0.25) is 5.91 Å². The topological polar surface area (TPSA) is 112 Å². The van der Waals surface area contributed by atoms with Crippen molar-refractivity contribution in [2.24, 2.45) is 29.1 Å². The summed E-state index contributed by atoms with van der Waals surface area (Å²) in [4.78, 5) is 34.8. The van der Waals surface area contributed by atoms with E-state index in [4.69, 9.17) is 9.57 Å². The zero-order chi connectivity index (χ0) is 31.2. The van der Waals surface area contributed by atoms with Crippen LogP contribution < -0.4 is 5.32 Å². The van der Waals surface area contributed by atoms with E-state index in [2.05, 4.69) is 32.2 Å². The lowest BCUT2D eigenvalue weighted by atomic mass is 9.45. The monoisotopic (exact) mass is 605 g/mol. The number of fused-ring (bicyclic) bond motifs is 2. The van der Waals surface area contributed by atoms with Gasteiger partial charge in [0.15, 0.2) is 0 Å². The van der Waals surface area contributed by atoms with Gasteiger partial charge in [-0.3, -0.25) is 14.4 Å². The Morgan fingerprint density at radius 2 is 1.80 bits per heavy atom. The maximum atomic E-state index is 13.9. The molecule has 9 heteroatoms. The number of nitrogens with one attached hydrogen (secondary N) is 1. The Morgan fingerprint density at radius 1 is 1.07 bits per heavy atom. The quantitative estimate of drug-likeness (QED) is 0.423. The zero-order valence-electron chi connectivity index (χ0n) is 26.3. The maximum absolute atomic E-state index is 13.9. The third-order valence-corrected chi connectivity index (χ3v) is 11.1. The van der Waals surface area contributed by atoms with Crippen LogP contribution in [0.2, 0.25) is 0 Å². The SMILES string of the molecule is C[C@@H]1[C@@H](NC(=O)[C@@H]2[C@H]([C@H](C)O)[C@H](CO)ON2Cc2cccc(-c3ccc(C(=O)N4CCOCC4)cc3)c2)C[C@@H]2C[C@H]1C2(C)C. The van der Waals surface area contributed by atoms with Gasteiger partial charge in [-0.15, -0.1) is 0 Å². The summed E-state index contributed by atoms with van der Waals surface area (Å²) in [6, 6.07) is 15.0. The molecule has 0 radical (unpaired) electrons. The normalized spacial score (nSPS) is 32.1. The second-order valence-electron chi connectivity index (χ2n) is 13.9.